The molecule has 20 heavy (non-hydrogen) atoms. The van der Waals surface area contributed by atoms with Gasteiger partial charge in [0, 0.05) is 10.7 Å². The van der Waals surface area contributed by atoms with Crippen molar-refractivity contribution in [1.82, 2.24) is 0 Å². The Labute approximate surface area is 128 Å². The molecule has 7 heteroatoms. The fourth-order valence-electron chi connectivity index (χ4n) is 2.07. The van der Waals surface area contributed by atoms with Crippen molar-refractivity contribution in [1.29, 1.82) is 0 Å². The number of halogens is 1. The first kappa shape index (κ1) is 15.8. The van der Waals surface area contributed by atoms with Gasteiger partial charge in [-0.05, 0) is 42.0 Å². The lowest BCUT2D eigenvalue weighted by molar-refractivity contribution is 0.184. The quantitative estimate of drug-likeness (QED) is 0.773. The SMILES string of the molecule is COc1cc(CS(=O)(=O)Cl)ccc1OC1CCSCC1. The number of rotatable bonds is 5. The normalized spacial score (nSPS) is 16.9. The number of benzene rings is 1. The lowest BCUT2D eigenvalue weighted by atomic mass is 10.2. The Morgan fingerprint density at radius 1 is 1.30 bits per heavy atom. The van der Waals surface area contributed by atoms with Crippen molar-refractivity contribution in [2.24, 2.45) is 0 Å². The van der Waals surface area contributed by atoms with Crippen LogP contribution in [0.5, 0.6) is 11.5 Å². The largest absolute Gasteiger partial charge is 0.493 e. The van der Waals surface area contributed by atoms with E-state index in [2.05, 4.69) is 0 Å². The number of ether oxygens (including phenoxy) is 2. The second kappa shape index (κ2) is 6.91. The highest BCUT2D eigenvalue weighted by Crippen LogP contribution is 2.32. The molecular formula is C13H17ClO4S2. The van der Waals surface area contributed by atoms with Crippen LogP contribution in [0.2, 0.25) is 0 Å². The van der Waals surface area contributed by atoms with E-state index in [9.17, 15) is 8.42 Å². The van der Waals surface area contributed by atoms with Crippen molar-refractivity contribution >= 4 is 31.5 Å². The van der Waals surface area contributed by atoms with Crippen LogP contribution in [-0.2, 0) is 14.8 Å². The minimum Gasteiger partial charge on any atom is -0.493 e. The highest BCUT2D eigenvalue weighted by Gasteiger charge is 2.18. The highest BCUT2D eigenvalue weighted by molar-refractivity contribution is 8.13. The monoisotopic (exact) mass is 336 g/mol. The van der Waals surface area contributed by atoms with E-state index in [1.807, 2.05) is 11.8 Å². The zero-order chi connectivity index (χ0) is 14.6. The Morgan fingerprint density at radius 3 is 2.60 bits per heavy atom. The molecule has 1 fully saturated rings. The van der Waals surface area contributed by atoms with Crippen LogP contribution in [0.15, 0.2) is 18.2 Å². The summed E-state index contributed by atoms with van der Waals surface area (Å²) in [4.78, 5) is 0. The summed E-state index contributed by atoms with van der Waals surface area (Å²) in [7, 11) is 3.23. The van der Waals surface area contributed by atoms with Crippen molar-refractivity contribution in [2.45, 2.75) is 24.7 Å². The third kappa shape index (κ3) is 4.75. The Bertz CT molecular complexity index is 553. The molecule has 0 atom stereocenters. The third-order valence-electron chi connectivity index (χ3n) is 3.03. The minimum atomic E-state index is -3.57. The Morgan fingerprint density at radius 2 is 2.00 bits per heavy atom. The van der Waals surface area contributed by atoms with Gasteiger partial charge >= 0.3 is 0 Å². The van der Waals surface area contributed by atoms with Crippen molar-refractivity contribution < 1.29 is 17.9 Å². The summed E-state index contributed by atoms with van der Waals surface area (Å²) in [5, 5.41) is 0. The van der Waals surface area contributed by atoms with Gasteiger partial charge in [0.2, 0.25) is 9.05 Å². The molecule has 1 aromatic rings. The number of methoxy groups -OCH3 is 1. The summed E-state index contributed by atoms with van der Waals surface area (Å²) in [6, 6.07) is 5.11. The van der Waals surface area contributed by atoms with Gasteiger partial charge in [-0.3, -0.25) is 0 Å². The van der Waals surface area contributed by atoms with E-state index in [4.69, 9.17) is 20.2 Å². The van der Waals surface area contributed by atoms with E-state index in [1.165, 1.54) is 7.11 Å². The summed E-state index contributed by atoms with van der Waals surface area (Å²) in [5.74, 6) is 3.19. The fraction of sp³-hybridized carbons (Fsp3) is 0.538. The Kier molecular flexibility index (Phi) is 5.46. The molecule has 2 rings (SSSR count). The van der Waals surface area contributed by atoms with Gasteiger partial charge < -0.3 is 9.47 Å². The predicted molar refractivity (Wildman–Crippen MR) is 82.4 cm³/mol. The van der Waals surface area contributed by atoms with Crippen LogP contribution in [0.3, 0.4) is 0 Å². The fourth-order valence-corrected chi connectivity index (χ4v) is 4.09. The molecule has 0 bridgehead atoms. The van der Waals surface area contributed by atoms with Crippen molar-refractivity contribution in [3.8, 4) is 11.5 Å². The van der Waals surface area contributed by atoms with E-state index in [-0.39, 0.29) is 11.9 Å². The summed E-state index contributed by atoms with van der Waals surface area (Å²) in [5.41, 5.74) is 0.586. The second-order valence-corrected chi connectivity index (χ2v) is 8.60. The van der Waals surface area contributed by atoms with E-state index in [0.29, 0.717) is 17.1 Å². The Hall–Kier alpha value is -0.590. The molecule has 0 radical (unpaired) electrons. The van der Waals surface area contributed by atoms with Crippen LogP contribution in [0.4, 0.5) is 0 Å². The molecular weight excluding hydrogens is 320 g/mol. The molecule has 1 heterocycles. The van der Waals surface area contributed by atoms with Crippen LogP contribution in [0.25, 0.3) is 0 Å². The molecule has 0 spiro atoms. The minimum absolute atomic E-state index is 0.202. The van der Waals surface area contributed by atoms with Crippen molar-refractivity contribution in [3.63, 3.8) is 0 Å². The van der Waals surface area contributed by atoms with Crippen LogP contribution >= 0.6 is 22.4 Å². The first-order chi connectivity index (χ1) is 9.48. The van der Waals surface area contributed by atoms with E-state index >= 15 is 0 Å². The second-order valence-electron chi connectivity index (χ2n) is 4.60. The first-order valence-corrected chi connectivity index (χ1v) is 9.95. The van der Waals surface area contributed by atoms with E-state index < -0.39 is 9.05 Å². The zero-order valence-corrected chi connectivity index (χ0v) is 13.6. The summed E-state index contributed by atoms with van der Waals surface area (Å²) in [6.45, 7) is 0. The molecule has 0 unspecified atom stereocenters. The Balaban J connectivity index is 2.12. The summed E-state index contributed by atoms with van der Waals surface area (Å²) in [6.07, 6.45) is 2.24. The topological polar surface area (TPSA) is 52.6 Å². The summed E-state index contributed by atoms with van der Waals surface area (Å²) < 4.78 is 33.4. The standard InChI is InChI=1S/C13H17ClO4S2/c1-17-13-8-10(9-20(14,15)16)2-3-12(13)18-11-4-6-19-7-5-11/h2-3,8,11H,4-7,9H2,1H3. The lowest BCUT2D eigenvalue weighted by Gasteiger charge is -2.23. The number of hydrogen-bond donors (Lipinski definition) is 0. The van der Waals surface area contributed by atoms with Crippen LogP contribution in [-0.4, -0.2) is 33.1 Å². The first-order valence-electron chi connectivity index (χ1n) is 6.31. The molecule has 0 aromatic heterocycles. The van der Waals surface area contributed by atoms with Gasteiger partial charge in [0.15, 0.2) is 11.5 Å². The van der Waals surface area contributed by atoms with Gasteiger partial charge in [0.1, 0.15) is 6.10 Å². The molecule has 0 saturated carbocycles. The van der Waals surface area contributed by atoms with Crippen LogP contribution in [0.1, 0.15) is 18.4 Å². The van der Waals surface area contributed by atoms with Gasteiger partial charge in [-0.15, -0.1) is 0 Å². The predicted octanol–water partition coefficient (Wildman–Crippen LogP) is 3.04. The molecule has 1 saturated heterocycles. The molecule has 0 N–H and O–H groups in total. The lowest BCUT2D eigenvalue weighted by Crippen LogP contribution is -2.22. The average Bonchev–Trinajstić information content (AvgIpc) is 2.40. The van der Waals surface area contributed by atoms with Crippen LogP contribution in [0, 0.1) is 0 Å². The molecule has 112 valence electrons. The maximum absolute atomic E-state index is 11.1. The van der Waals surface area contributed by atoms with Gasteiger partial charge in [-0.1, -0.05) is 6.07 Å². The maximum Gasteiger partial charge on any atom is 0.236 e. The average molecular weight is 337 g/mol. The van der Waals surface area contributed by atoms with Gasteiger partial charge in [0.05, 0.1) is 12.9 Å². The molecule has 0 aliphatic carbocycles. The molecule has 1 aliphatic rings. The number of hydrogen-bond acceptors (Lipinski definition) is 5. The number of thioether (sulfide) groups is 1. The van der Waals surface area contributed by atoms with E-state index in [1.54, 1.807) is 18.2 Å². The third-order valence-corrected chi connectivity index (χ3v) is 5.08. The van der Waals surface area contributed by atoms with Crippen LogP contribution < -0.4 is 9.47 Å². The maximum atomic E-state index is 11.1. The van der Waals surface area contributed by atoms with Crippen molar-refractivity contribution in [2.75, 3.05) is 18.6 Å². The van der Waals surface area contributed by atoms with Gasteiger partial charge in [-0.2, -0.15) is 11.8 Å². The van der Waals surface area contributed by atoms with Gasteiger partial charge in [-0.25, -0.2) is 8.42 Å². The highest BCUT2D eigenvalue weighted by atomic mass is 35.7. The smallest absolute Gasteiger partial charge is 0.236 e. The van der Waals surface area contributed by atoms with Gasteiger partial charge in [0.25, 0.3) is 0 Å². The van der Waals surface area contributed by atoms with E-state index in [0.717, 1.165) is 24.3 Å². The summed E-state index contributed by atoms with van der Waals surface area (Å²) >= 11 is 1.94. The molecule has 1 aliphatic heterocycles. The zero-order valence-electron chi connectivity index (χ0n) is 11.2. The molecule has 1 aromatic carbocycles. The molecule has 0 amide bonds. The molecule has 4 nitrogen and oxygen atoms in total. The van der Waals surface area contributed by atoms with Crippen molar-refractivity contribution in [3.05, 3.63) is 23.8 Å².